The fraction of sp³-hybridized carbons (Fsp3) is 0.111. The summed E-state index contributed by atoms with van der Waals surface area (Å²) in [6, 6.07) is 17.7. The largest absolute Gasteiger partial charge is 0.507 e. The molecule has 1 aliphatic heterocycles. The lowest BCUT2D eigenvalue weighted by Gasteiger charge is -2.26. The highest BCUT2D eigenvalue weighted by Crippen LogP contribution is 2.43. The number of carbonyl (C=O) groups excluding carboxylic acids is 2. The Kier molecular flexibility index (Phi) is 4.86. The summed E-state index contributed by atoms with van der Waals surface area (Å²) in [6.45, 7) is 3.82. The summed E-state index contributed by atoms with van der Waals surface area (Å²) in [7, 11) is 0. The van der Waals surface area contributed by atoms with Gasteiger partial charge < -0.3 is 10.1 Å². The predicted octanol–water partition coefficient (Wildman–Crippen LogP) is 5.55. The van der Waals surface area contributed by atoms with Crippen LogP contribution >= 0.6 is 0 Å². The zero-order chi connectivity index (χ0) is 23.3. The molecule has 4 aromatic rings. The Morgan fingerprint density at radius 1 is 0.970 bits per heavy atom. The van der Waals surface area contributed by atoms with Gasteiger partial charge in [-0.3, -0.25) is 14.5 Å². The maximum Gasteiger partial charge on any atom is 0.300 e. The van der Waals surface area contributed by atoms with Gasteiger partial charge in [-0.2, -0.15) is 0 Å². The number of amides is 1. The van der Waals surface area contributed by atoms with Gasteiger partial charge in [-0.15, -0.1) is 0 Å². The van der Waals surface area contributed by atoms with E-state index in [4.69, 9.17) is 0 Å². The summed E-state index contributed by atoms with van der Waals surface area (Å²) in [5, 5.41) is 12.1. The van der Waals surface area contributed by atoms with E-state index in [1.807, 2.05) is 56.3 Å². The van der Waals surface area contributed by atoms with E-state index in [0.717, 1.165) is 22.0 Å². The minimum absolute atomic E-state index is 0.0319. The monoisotopic (exact) mass is 440 g/mol. The number of aromatic amines is 1. The van der Waals surface area contributed by atoms with E-state index in [9.17, 15) is 19.1 Å². The number of rotatable bonds is 3. The van der Waals surface area contributed by atoms with Crippen molar-refractivity contribution in [1.29, 1.82) is 0 Å². The van der Waals surface area contributed by atoms with Crippen molar-refractivity contribution in [3.8, 4) is 0 Å². The zero-order valence-electron chi connectivity index (χ0n) is 18.1. The van der Waals surface area contributed by atoms with Gasteiger partial charge in [0, 0.05) is 28.4 Å². The summed E-state index contributed by atoms with van der Waals surface area (Å²) in [6.07, 6.45) is 1.62. The maximum absolute atomic E-state index is 13.7. The first kappa shape index (κ1) is 20.7. The number of aromatic nitrogens is 1. The zero-order valence-corrected chi connectivity index (χ0v) is 18.1. The highest BCUT2D eigenvalue weighted by Gasteiger charge is 2.47. The molecule has 1 atom stereocenters. The van der Waals surface area contributed by atoms with Crippen molar-refractivity contribution in [1.82, 2.24) is 4.98 Å². The van der Waals surface area contributed by atoms with Gasteiger partial charge in [0.15, 0.2) is 0 Å². The van der Waals surface area contributed by atoms with Crippen LogP contribution in [0.1, 0.15) is 28.3 Å². The first-order valence-electron chi connectivity index (χ1n) is 10.6. The second-order valence-corrected chi connectivity index (χ2v) is 8.31. The normalized spacial score (nSPS) is 17.8. The van der Waals surface area contributed by atoms with Crippen molar-refractivity contribution < 1.29 is 19.1 Å². The predicted molar refractivity (Wildman–Crippen MR) is 125 cm³/mol. The highest BCUT2D eigenvalue weighted by molar-refractivity contribution is 6.51. The Labute approximate surface area is 189 Å². The molecule has 0 aliphatic carbocycles. The van der Waals surface area contributed by atoms with Crippen LogP contribution in [0, 0.1) is 19.7 Å². The molecule has 5 rings (SSSR count). The summed E-state index contributed by atoms with van der Waals surface area (Å²) in [5.41, 5.74) is 4.12. The van der Waals surface area contributed by atoms with Crippen LogP contribution in [0.25, 0.3) is 16.7 Å². The molecule has 5 nitrogen and oxygen atoms in total. The number of hydrogen-bond acceptors (Lipinski definition) is 3. The molecule has 0 saturated carbocycles. The number of para-hydroxylation sites is 1. The van der Waals surface area contributed by atoms with Crippen molar-refractivity contribution in [3.63, 3.8) is 0 Å². The molecule has 1 fully saturated rings. The molecule has 0 radical (unpaired) electrons. The van der Waals surface area contributed by atoms with E-state index in [1.54, 1.807) is 6.20 Å². The van der Waals surface area contributed by atoms with Gasteiger partial charge in [-0.1, -0.05) is 36.4 Å². The molecule has 0 spiro atoms. The van der Waals surface area contributed by atoms with E-state index >= 15 is 0 Å². The number of aliphatic hydroxyl groups is 1. The second kappa shape index (κ2) is 7.74. The number of Topliss-reactive ketones (excluding diaryl/α,β-unsaturated/α-hetero) is 1. The number of aliphatic hydroxyl groups excluding tert-OH is 1. The molecule has 3 aromatic carbocycles. The summed E-state index contributed by atoms with van der Waals surface area (Å²) in [4.78, 5) is 31.0. The molecular weight excluding hydrogens is 419 g/mol. The first-order chi connectivity index (χ1) is 15.8. The van der Waals surface area contributed by atoms with E-state index < -0.39 is 23.5 Å². The van der Waals surface area contributed by atoms with E-state index in [1.165, 1.54) is 29.2 Å². The smallest absolute Gasteiger partial charge is 0.300 e. The number of ketones is 1. The van der Waals surface area contributed by atoms with Crippen molar-refractivity contribution in [3.05, 3.63) is 107 Å². The number of carbonyl (C=O) groups is 2. The summed E-state index contributed by atoms with van der Waals surface area (Å²) in [5.74, 6) is -2.23. The number of nitrogens with one attached hydrogen (secondary N) is 1. The minimum Gasteiger partial charge on any atom is -0.507 e. The van der Waals surface area contributed by atoms with Crippen LogP contribution in [0.5, 0.6) is 0 Å². The Hall–Kier alpha value is -4.19. The standard InChI is InChI=1S/C27H21FN2O3/c1-15-11-16(2)13-19(12-15)30-24(17-7-9-18(28)10-8-17)23(26(32)27(30)33)25(31)21-14-29-22-6-4-3-5-20(21)22/h3-14,24,29,31H,1-2H3/b25-23-. The Morgan fingerprint density at radius 2 is 1.64 bits per heavy atom. The molecule has 1 unspecified atom stereocenters. The average molecular weight is 440 g/mol. The van der Waals surface area contributed by atoms with E-state index in [2.05, 4.69) is 4.98 Å². The lowest BCUT2D eigenvalue weighted by Crippen LogP contribution is -2.29. The molecule has 2 heterocycles. The van der Waals surface area contributed by atoms with Gasteiger partial charge >= 0.3 is 0 Å². The molecule has 1 aliphatic rings. The number of halogens is 1. The number of nitrogens with zero attached hydrogens (tertiary/aromatic N) is 1. The maximum atomic E-state index is 13.7. The van der Waals surface area contributed by atoms with Gasteiger partial charge in [-0.05, 0) is 60.9 Å². The quantitative estimate of drug-likeness (QED) is 0.249. The SMILES string of the molecule is Cc1cc(C)cc(N2C(=O)C(=O)/C(=C(\O)c3c[nH]c4ccccc34)C2c2ccc(F)cc2)c1. The molecule has 1 aromatic heterocycles. The molecular formula is C27H21FN2O3. The Bertz CT molecular complexity index is 1430. The number of hydrogen-bond donors (Lipinski definition) is 2. The van der Waals surface area contributed by atoms with Crippen LogP contribution in [-0.4, -0.2) is 21.8 Å². The van der Waals surface area contributed by atoms with E-state index in [0.29, 0.717) is 16.8 Å². The summed E-state index contributed by atoms with van der Waals surface area (Å²) >= 11 is 0. The number of H-pyrrole nitrogens is 1. The topological polar surface area (TPSA) is 73.4 Å². The molecule has 6 heteroatoms. The fourth-order valence-electron chi connectivity index (χ4n) is 4.56. The Balaban J connectivity index is 1.77. The number of anilines is 1. The van der Waals surface area contributed by atoms with Crippen LogP contribution in [0.15, 0.2) is 78.5 Å². The minimum atomic E-state index is -0.902. The lowest BCUT2D eigenvalue weighted by molar-refractivity contribution is -0.132. The first-order valence-corrected chi connectivity index (χ1v) is 10.6. The molecule has 2 N–H and O–H groups in total. The van der Waals surface area contributed by atoms with Crippen molar-refractivity contribution in [2.45, 2.75) is 19.9 Å². The van der Waals surface area contributed by atoms with Crippen molar-refractivity contribution in [2.24, 2.45) is 0 Å². The number of benzene rings is 3. The summed E-state index contributed by atoms with van der Waals surface area (Å²) < 4.78 is 13.7. The lowest BCUT2D eigenvalue weighted by atomic mass is 9.95. The van der Waals surface area contributed by atoms with E-state index in [-0.39, 0.29) is 11.3 Å². The third-order valence-electron chi connectivity index (χ3n) is 5.96. The Morgan fingerprint density at radius 3 is 2.33 bits per heavy atom. The van der Waals surface area contributed by atoms with Gasteiger partial charge in [0.05, 0.1) is 11.6 Å². The second-order valence-electron chi connectivity index (χ2n) is 8.31. The number of aryl methyl sites for hydroxylation is 2. The van der Waals surface area contributed by atoms with Crippen LogP contribution in [-0.2, 0) is 9.59 Å². The van der Waals surface area contributed by atoms with Crippen molar-refractivity contribution in [2.75, 3.05) is 4.90 Å². The van der Waals surface area contributed by atoms with Crippen LogP contribution < -0.4 is 4.90 Å². The average Bonchev–Trinajstić information content (AvgIpc) is 3.33. The van der Waals surface area contributed by atoms with Gasteiger partial charge in [-0.25, -0.2) is 4.39 Å². The number of fused-ring (bicyclic) bond motifs is 1. The van der Waals surface area contributed by atoms with Gasteiger partial charge in [0.25, 0.3) is 11.7 Å². The van der Waals surface area contributed by atoms with Crippen LogP contribution in [0.4, 0.5) is 10.1 Å². The van der Waals surface area contributed by atoms with Gasteiger partial charge in [0.1, 0.15) is 11.6 Å². The van der Waals surface area contributed by atoms with Crippen LogP contribution in [0.2, 0.25) is 0 Å². The fourth-order valence-corrected chi connectivity index (χ4v) is 4.56. The molecule has 0 bridgehead atoms. The van der Waals surface area contributed by atoms with Crippen molar-refractivity contribution >= 4 is 34.0 Å². The molecule has 1 saturated heterocycles. The highest BCUT2D eigenvalue weighted by atomic mass is 19.1. The van der Waals surface area contributed by atoms with Crippen LogP contribution in [0.3, 0.4) is 0 Å². The van der Waals surface area contributed by atoms with Gasteiger partial charge in [0.2, 0.25) is 0 Å². The molecule has 33 heavy (non-hydrogen) atoms. The molecule has 164 valence electrons. The molecule has 1 amide bonds. The third kappa shape index (κ3) is 3.40. The third-order valence-corrected chi connectivity index (χ3v) is 5.96.